The zero-order valence-electron chi connectivity index (χ0n) is 13.1. The summed E-state index contributed by atoms with van der Waals surface area (Å²) in [5.74, 6) is 0. The number of sulfonamides is 1. The van der Waals surface area contributed by atoms with E-state index in [2.05, 4.69) is 5.32 Å². The van der Waals surface area contributed by atoms with Crippen molar-refractivity contribution in [2.45, 2.75) is 28.3 Å². The first-order chi connectivity index (χ1) is 11.6. The van der Waals surface area contributed by atoms with Crippen molar-refractivity contribution in [3.05, 3.63) is 59.7 Å². The Balaban J connectivity index is 1.77. The number of hydrogen-bond acceptors (Lipinski definition) is 4. The second-order valence-corrected chi connectivity index (χ2v) is 8.01. The van der Waals surface area contributed by atoms with E-state index in [-0.39, 0.29) is 21.6 Å². The van der Waals surface area contributed by atoms with Crippen molar-refractivity contribution in [3.63, 3.8) is 0 Å². The predicted octanol–water partition coefficient (Wildman–Crippen LogP) is 3.28. The SMILES string of the molecule is NS(=O)(=O)c1ccc(CCNCc2ccc(SC(F)(F)F)cc2)cc1. The molecular weight excluding hydrogens is 373 g/mol. The molecule has 0 atom stereocenters. The Bertz CT molecular complexity index is 790. The highest BCUT2D eigenvalue weighted by atomic mass is 32.2. The molecule has 0 heterocycles. The van der Waals surface area contributed by atoms with Crippen LogP contribution < -0.4 is 10.5 Å². The summed E-state index contributed by atoms with van der Waals surface area (Å²) in [5.41, 5.74) is -2.44. The lowest BCUT2D eigenvalue weighted by molar-refractivity contribution is -0.0328. The topological polar surface area (TPSA) is 72.2 Å². The molecule has 136 valence electrons. The summed E-state index contributed by atoms with van der Waals surface area (Å²) in [4.78, 5) is 0.229. The minimum absolute atomic E-state index is 0.0704. The zero-order valence-corrected chi connectivity index (χ0v) is 14.7. The largest absolute Gasteiger partial charge is 0.446 e. The van der Waals surface area contributed by atoms with E-state index in [1.54, 1.807) is 24.3 Å². The highest BCUT2D eigenvalue weighted by Gasteiger charge is 2.28. The minimum atomic E-state index is -4.28. The second-order valence-electron chi connectivity index (χ2n) is 5.31. The molecule has 0 saturated heterocycles. The van der Waals surface area contributed by atoms with Crippen LogP contribution in [0.5, 0.6) is 0 Å². The van der Waals surface area contributed by atoms with Gasteiger partial charge in [0.1, 0.15) is 0 Å². The number of alkyl halides is 3. The van der Waals surface area contributed by atoms with Crippen molar-refractivity contribution in [1.82, 2.24) is 5.32 Å². The Hall–Kier alpha value is -1.55. The van der Waals surface area contributed by atoms with Gasteiger partial charge in [0.2, 0.25) is 10.0 Å². The molecule has 0 unspecified atom stereocenters. The summed E-state index contributed by atoms with van der Waals surface area (Å²) in [7, 11) is -3.68. The fraction of sp³-hybridized carbons (Fsp3) is 0.250. The number of thioether (sulfide) groups is 1. The van der Waals surface area contributed by atoms with E-state index in [9.17, 15) is 21.6 Å². The lowest BCUT2D eigenvalue weighted by atomic mass is 10.1. The van der Waals surface area contributed by atoms with E-state index in [0.717, 1.165) is 11.1 Å². The average Bonchev–Trinajstić information content (AvgIpc) is 2.51. The second kappa shape index (κ2) is 8.22. The van der Waals surface area contributed by atoms with Crippen LogP contribution in [0.2, 0.25) is 0 Å². The van der Waals surface area contributed by atoms with Crippen LogP contribution in [0.4, 0.5) is 13.2 Å². The first kappa shape index (κ1) is 19.8. The maximum Gasteiger partial charge on any atom is 0.446 e. The average molecular weight is 390 g/mol. The van der Waals surface area contributed by atoms with Crippen LogP contribution in [0, 0.1) is 0 Å². The van der Waals surface area contributed by atoms with Gasteiger partial charge < -0.3 is 5.32 Å². The Morgan fingerprint density at radius 2 is 1.52 bits per heavy atom. The van der Waals surface area contributed by atoms with Gasteiger partial charge in [-0.3, -0.25) is 0 Å². The Kier molecular flexibility index (Phi) is 6.50. The Morgan fingerprint density at radius 1 is 0.960 bits per heavy atom. The maximum absolute atomic E-state index is 12.3. The van der Waals surface area contributed by atoms with Gasteiger partial charge in [0.05, 0.1) is 4.90 Å². The highest BCUT2D eigenvalue weighted by Crippen LogP contribution is 2.36. The lowest BCUT2D eigenvalue weighted by Crippen LogP contribution is -2.17. The van der Waals surface area contributed by atoms with E-state index in [1.807, 2.05) is 0 Å². The molecule has 9 heteroatoms. The molecule has 4 nitrogen and oxygen atoms in total. The first-order valence-corrected chi connectivity index (χ1v) is 9.67. The number of primary sulfonamides is 1. The molecule has 0 fully saturated rings. The third-order valence-electron chi connectivity index (χ3n) is 3.33. The Morgan fingerprint density at radius 3 is 2.04 bits per heavy atom. The number of nitrogens with one attached hydrogen (secondary N) is 1. The van der Waals surface area contributed by atoms with E-state index in [1.165, 1.54) is 24.3 Å². The zero-order chi connectivity index (χ0) is 18.5. The lowest BCUT2D eigenvalue weighted by Gasteiger charge is -2.08. The van der Waals surface area contributed by atoms with Crippen molar-refractivity contribution in [3.8, 4) is 0 Å². The molecule has 0 aromatic heterocycles. The van der Waals surface area contributed by atoms with Gasteiger partial charge in [-0.15, -0.1) is 0 Å². The summed E-state index contributed by atoms with van der Waals surface area (Å²) in [6.45, 7) is 1.18. The molecular formula is C16H17F3N2O2S2. The molecule has 0 bridgehead atoms. The minimum Gasteiger partial charge on any atom is -0.312 e. The first-order valence-electron chi connectivity index (χ1n) is 7.31. The molecule has 0 aliphatic heterocycles. The van der Waals surface area contributed by atoms with Crippen LogP contribution in [-0.4, -0.2) is 20.5 Å². The molecule has 0 aliphatic carbocycles. The van der Waals surface area contributed by atoms with Gasteiger partial charge in [-0.25, -0.2) is 13.6 Å². The van der Waals surface area contributed by atoms with Crippen LogP contribution in [0.3, 0.4) is 0 Å². The van der Waals surface area contributed by atoms with E-state index in [0.29, 0.717) is 19.5 Å². The normalized spacial score (nSPS) is 12.3. The van der Waals surface area contributed by atoms with Crippen molar-refractivity contribution < 1.29 is 21.6 Å². The Labute approximate surface area is 148 Å². The van der Waals surface area contributed by atoms with Gasteiger partial charge in [-0.05, 0) is 60.1 Å². The summed E-state index contributed by atoms with van der Waals surface area (Å²) >= 11 is -0.134. The molecule has 2 rings (SSSR count). The fourth-order valence-electron chi connectivity index (χ4n) is 2.12. The van der Waals surface area contributed by atoms with Crippen LogP contribution in [0.15, 0.2) is 58.3 Å². The highest BCUT2D eigenvalue weighted by molar-refractivity contribution is 8.00. The third kappa shape index (κ3) is 7.07. The van der Waals surface area contributed by atoms with E-state index < -0.39 is 15.5 Å². The number of halogens is 3. The summed E-state index contributed by atoms with van der Waals surface area (Å²) in [5, 5.41) is 8.22. The summed E-state index contributed by atoms with van der Waals surface area (Å²) in [6.07, 6.45) is 0.687. The third-order valence-corrected chi connectivity index (χ3v) is 5.00. The molecule has 0 radical (unpaired) electrons. The predicted molar refractivity (Wildman–Crippen MR) is 91.6 cm³/mol. The van der Waals surface area contributed by atoms with Crippen LogP contribution in [0.1, 0.15) is 11.1 Å². The number of nitrogens with two attached hydrogens (primary N) is 1. The smallest absolute Gasteiger partial charge is 0.312 e. The number of hydrogen-bond donors (Lipinski definition) is 2. The van der Waals surface area contributed by atoms with Crippen molar-refractivity contribution in [2.24, 2.45) is 5.14 Å². The van der Waals surface area contributed by atoms with Crippen LogP contribution >= 0.6 is 11.8 Å². The number of rotatable bonds is 7. The van der Waals surface area contributed by atoms with Gasteiger partial charge in [-0.2, -0.15) is 13.2 Å². The van der Waals surface area contributed by atoms with E-state index in [4.69, 9.17) is 5.14 Å². The van der Waals surface area contributed by atoms with E-state index >= 15 is 0 Å². The van der Waals surface area contributed by atoms with Gasteiger partial charge in [0.25, 0.3) is 0 Å². The van der Waals surface area contributed by atoms with Crippen molar-refractivity contribution >= 4 is 21.8 Å². The van der Waals surface area contributed by atoms with Crippen molar-refractivity contribution in [2.75, 3.05) is 6.54 Å². The van der Waals surface area contributed by atoms with Gasteiger partial charge >= 0.3 is 5.51 Å². The monoisotopic (exact) mass is 390 g/mol. The number of benzene rings is 2. The molecule has 2 aromatic carbocycles. The standard InChI is InChI=1S/C16H17F3N2O2S2/c17-16(18,19)24-14-5-1-13(2-6-14)11-21-10-9-12-3-7-15(8-4-12)25(20,22)23/h1-8,21H,9-11H2,(H2,20,22,23). The molecule has 0 spiro atoms. The van der Waals surface area contributed by atoms with Crippen LogP contribution in [-0.2, 0) is 23.0 Å². The molecule has 2 aromatic rings. The summed E-state index contributed by atoms with van der Waals surface area (Å²) in [6, 6.07) is 12.5. The quantitative estimate of drug-likeness (QED) is 0.562. The molecule has 0 aliphatic rings. The van der Waals surface area contributed by atoms with Crippen LogP contribution in [0.25, 0.3) is 0 Å². The maximum atomic E-state index is 12.3. The molecule has 0 amide bonds. The van der Waals surface area contributed by atoms with Gasteiger partial charge in [-0.1, -0.05) is 24.3 Å². The van der Waals surface area contributed by atoms with Gasteiger partial charge in [0.15, 0.2) is 0 Å². The summed E-state index contributed by atoms with van der Waals surface area (Å²) < 4.78 is 59.1. The molecule has 25 heavy (non-hydrogen) atoms. The molecule has 3 N–H and O–H groups in total. The van der Waals surface area contributed by atoms with Gasteiger partial charge in [0, 0.05) is 11.4 Å². The fourth-order valence-corrected chi connectivity index (χ4v) is 3.18. The van der Waals surface area contributed by atoms with Crippen molar-refractivity contribution in [1.29, 1.82) is 0 Å². The molecule has 0 saturated carbocycles.